The molecule has 1 aromatic carbocycles. The van der Waals surface area contributed by atoms with Crippen LogP contribution in [0.4, 0.5) is 0 Å². The molecule has 2 aromatic rings. The van der Waals surface area contributed by atoms with Gasteiger partial charge >= 0.3 is 5.97 Å². The van der Waals surface area contributed by atoms with E-state index >= 15 is 0 Å². The van der Waals surface area contributed by atoms with E-state index in [9.17, 15) is 18.0 Å². The van der Waals surface area contributed by atoms with Gasteiger partial charge < -0.3 is 9.64 Å². The lowest BCUT2D eigenvalue weighted by Crippen LogP contribution is -2.54. The van der Waals surface area contributed by atoms with Crippen LogP contribution in [0.2, 0.25) is 0 Å². The summed E-state index contributed by atoms with van der Waals surface area (Å²) in [6.45, 7) is 4.60. The number of aromatic nitrogens is 1. The van der Waals surface area contributed by atoms with Crippen LogP contribution in [0.15, 0.2) is 64.6 Å². The summed E-state index contributed by atoms with van der Waals surface area (Å²) in [5.74, 6) is -1.14. The molecule has 0 spiro atoms. The van der Waals surface area contributed by atoms with E-state index in [1.165, 1.54) is 29.6 Å². The minimum Gasteiger partial charge on any atom is -0.465 e. The Kier molecular flexibility index (Phi) is 7.20. The first-order valence-corrected chi connectivity index (χ1v) is 13.2. The second kappa shape index (κ2) is 9.97. The highest BCUT2D eigenvalue weighted by atomic mass is 79.9. The molecule has 3 heterocycles. The van der Waals surface area contributed by atoms with Gasteiger partial charge in [-0.15, -0.1) is 6.58 Å². The fourth-order valence-electron chi connectivity index (χ4n) is 4.79. The van der Waals surface area contributed by atoms with Crippen LogP contribution in [0.1, 0.15) is 35.3 Å². The summed E-state index contributed by atoms with van der Waals surface area (Å²) in [4.78, 5) is 31.7. The lowest BCUT2D eigenvalue weighted by atomic mass is 9.90. The molecule has 2 fully saturated rings. The number of benzene rings is 1. The van der Waals surface area contributed by atoms with Crippen molar-refractivity contribution < 1.29 is 22.7 Å². The summed E-state index contributed by atoms with van der Waals surface area (Å²) in [7, 11) is -2.88. The predicted molar refractivity (Wildman–Crippen MR) is 129 cm³/mol. The van der Waals surface area contributed by atoms with Gasteiger partial charge in [0.25, 0.3) is 0 Å². The van der Waals surface area contributed by atoms with Crippen LogP contribution in [-0.4, -0.2) is 60.2 Å². The lowest BCUT2D eigenvalue weighted by Gasteiger charge is -2.40. The number of ether oxygens (including phenoxy) is 1. The number of esters is 1. The molecule has 3 atom stereocenters. The van der Waals surface area contributed by atoms with E-state index in [-0.39, 0.29) is 22.3 Å². The molecule has 1 amide bonds. The van der Waals surface area contributed by atoms with Crippen LogP contribution < -0.4 is 0 Å². The van der Waals surface area contributed by atoms with E-state index in [2.05, 4.69) is 27.5 Å². The molecule has 0 saturated carbocycles. The van der Waals surface area contributed by atoms with Crippen LogP contribution in [0.3, 0.4) is 0 Å². The van der Waals surface area contributed by atoms with Crippen LogP contribution in [0, 0.1) is 5.92 Å². The van der Waals surface area contributed by atoms with Gasteiger partial charge in [0.1, 0.15) is 6.04 Å². The number of nitrogens with zero attached hydrogens (tertiary/aromatic N) is 3. The van der Waals surface area contributed by atoms with Crippen molar-refractivity contribution in [1.29, 1.82) is 0 Å². The number of fused-ring (bicyclic) bond motifs is 2. The van der Waals surface area contributed by atoms with Crippen LogP contribution in [-0.2, 0) is 26.1 Å². The topological polar surface area (TPSA) is 96.9 Å². The second-order valence-electron chi connectivity index (χ2n) is 8.46. The maximum Gasteiger partial charge on any atom is 0.337 e. The molecule has 8 nitrogen and oxygen atoms in total. The quantitative estimate of drug-likeness (QED) is 0.406. The standard InChI is InChI=1S/C24H26BrN3O5S/c1-3-16-14-27(15-19-7-4-5-10-26-19)23(29)22-9-6-8-21(16)28(22)34(31,32)20-12-17(24(30)33-2)11-18(25)13-20/h3-5,7,10-13,16,21-22H,1,6,8-9,14-15H2,2H3/t16-,21-,22?/m0/s1. The largest absolute Gasteiger partial charge is 0.465 e. The van der Waals surface area contributed by atoms with Crippen molar-refractivity contribution in [3.8, 4) is 0 Å². The number of hydrogen-bond acceptors (Lipinski definition) is 6. The number of pyridine rings is 1. The summed E-state index contributed by atoms with van der Waals surface area (Å²) in [5, 5.41) is 0. The Balaban J connectivity index is 1.77. The fraction of sp³-hybridized carbons (Fsp3) is 0.375. The van der Waals surface area contributed by atoms with Crippen LogP contribution in [0.5, 0.6) is 0 Å². The van der Waals surface area contributed by atoms with Gasteiger partial charge in [-0.25, -0.2) is 13.2 Å². The molecule has 2 saturated heterocycles. The SMILES string of the molecule is C=C[C@H]1CN(Cc2ccccn2)C(=O)C2CCC[C@@H]1N2S(=O)(=O)c1cc(Br)cc(C(=O)OC)c1. The van der Waals surface area contributed by atoms with Gasteiger partial charge in [0.2, 0.25) is 15.9 Å². The molecule has 0 aliphatic carbocycles. The monoisotopic (exact) mass is 547 g/mol. The van der Waals surface area contributed by atoms with E-state index in [4.69, 9.17) is 4.74 Å². The summed E-state index contributed by atoms with van der Waals surface area (Å²) in [5.41, 5.74) is 0.845. The molecule has 34 heavy (non-hydrogen) atoms. The first-order chi connectivity index (χ1) is 16.3. The molecule has 10 heteroatoms. The smallest absolute Gasteiger partial charge is 0.337 e. The first kappa shape index (κ1) is 24.6. The normalized spacial score (nSPS) is 23.3. The minimum atomic E-state index is -4.12. The zero-order valence-corrected chi connectivity index (χ0v) is 21.2. The molecule has 2 bridgehead atoms. The molecule has 1 unspecified atom stereocenters. The van der Waals surface area contributed by atoms with E-state index in [1.807, 2.05) is 18.2 Å². The summed E-state index contributed by atoms with van der Waals surface area (Å²) in [6.07, 6.45) is 5.19. The number of piperidine rings is 1. The van der Waals surface area contributed by atoms with Gasteiger partial charge in [-0.05, 0) is 49.6 Å². The number of carbonyl (C=O) groups is 2. The number of hydrogen-bond donors (Lipinski definition) is 0. The molecule has 4 rings (SSSR count). The van der Waals surface area contributed by atoms with Crippen molar-refractivity contribution in [2.75, 3.05) is 13.7 Å². The molecule has 180 valence electrons. The van der Waals surface area contributed by atoms with Crippen molar-refractivity contribution >= 4 is 37.8 Å². The van der Waals surface area contributed by atoms with E-state index in [1.54, 1.807) is 17.2 Å². The number of amides is 1. The predicted octanol–water partition coefficient (Wildman–Crippen LogP) is 3.39. The Morgan fingerprint density at radius 1 is 1.29 bits per heavy atom. The highest BCUT2D eigenvalue weighted by Crippen LogP contribution is 2.38. The number of carbonyl (C=O) groups excluding carboxylic acids is 2. The van der Waals surface area contributed by atoms with Crippen molar-refractivity contribution in [3.63, 3.8) is 0 Å². The lowest BCUT2D eigenvalue weighted by molar-refractivity contribution is -0.135. The molecule has 0 radical (unpaired) electrons. The number of methoxy groups -OCH3 is 1. The molecule has 0 N–H and O–H groups in total. The third-order valence-corrected chi connectivity index (χ3v) is 8.75. The van der Waals surface area contributed by atoms with Gasteiger partial charge in [0, 0.05) is 29.2 Å². The van der Waals surface area contributed by atoms with E-state index in [0.717, 1.165) is 12.1 Å². The molecule has 2 aliphatic rings. The maximum atomic E-state index is 14.0. The molecule has 1 aromatic heterocycles. The second-order valence-corrected chi connectivity index (χ2v) is 11.2. The highest BCUT2D eigenvalue weighted by molar-refractivity contribution is 9.10. The number of sulfonamides is 1. The average molecular weight is 548 g/mol. The van der Waals surface area contributed by atoms with Crippen LogP contribution in [0.25, 0.3) is 0 Å². The maximum absolute atomic E-state index is 14.0. The Morgan fingerprint density at radius 3 is 2.76 bits per heavy atom. The first-order valence-electron chi connectivity index (χ1n) is 11.0. The van der Waals surface area contributed by atoms with E-state index in [0.29, 0.717) is 30.4 Å². The zero-order chi connectivity index (χ0) is 24.5. The van der Waals surface area contributed by atoms with Crippen molar-refractivity contribution in [2.24, 2.45) is 5.92 Å². The van der Waals surface area contributed by atoms with Crippen LogP contribution >= 0.6 is 15.9 Å². The Labute approximate surface area is 207 Å². The molecular weight excluding hydrogens is 522 g/mol. The van der Waals surface area contributed by atoms with E-state index < -0.39 is 28.1 Å². The fourth-order valence-corrected chi connectivity index (χ4v) is 7.38. The summed E-state index contributed by atoms with van der Waals surface area (Å²) in [6, 6.07) is 8.50. The average Bonchev–Trinajstić information content (AvgIpc) is 2.91. The Morgan fingerprint density at radius 2 is 2.09 bits per heavy atom. The van der Waals surface area contributed by atoms with Gasteiger partial charge in [0.05, 0.1) is 29.8 Å². The van der Waals surface area contributed by atoms with Crippen molar-refractivity contribution in [3.05, 3.63) is 71.0 Å². The molecular formula is C24H26BrN3O5S. The summed E-state index contributed by atoms with van der Waals surface area (Å²) < 4.78 is 34.5. The van der Waals surface area contributed by atoms with Gasteiger partial charge in [-0.3, -0.25) is 9.78 Å². The third-order valence-electron chi connectivity index (χ3n) is 6.38. The van der Waals surface area contributed by atoms with Gasteiger partial charge in [-0.1, -0.05) is 28.1 Å². The third kappa shape index (κ3) is 4.67. The highest BCUT2D eigenvalue weighted by Gasteiger charge is 2.49. The van der Waals surface area contributed by atoms with Crippen molar-refractivity contribution in [1.82, 2.24) is 14.2 Å². The number of rotatable bonds is 6. The number of halogens is 1. The van der Waals surface area contributed by atoms with Crippen molar-refractivity contribution in [2.45, 2.75) is 42.8 Å². The summed E-state index contributed by atoms with van der Waals surface area (Å²) >= 11 is 3.30. The van der Waals surface area contributed by atoms with Gasteiger partial charge in [-0.2, -0.15) is 4.31 Å². The Bertz CT molecular complexity index is 1200. The Hall–Kier alpha value is -2.56. The molecule has 2 aliphatic heterocycles. The zero-order valence-electron chi connectivity index (χ0n) is 18.8. The minimum absolute atomic E-state index is 0.0621. The van der Waals surface area contributed by atoms with Gasteiger partial charge in [0.15, 0.2) is 0 Å².